The van der Waals surface area contributed by atoms with Gasteiger partial charge in [-0.2, -0.15) is 0 Å². The number of pyridine rings is 1. The maximum absolute atomic E-state index is 12.9. The molecular weight excluding hydrogens is 374 g/mol. The number of aromatic nitrogens is 1. The van der Waals surface area contributed by atoms with Gasteiger partial charge in [0.1, 0.15) is 18.0 Å². The van der Waals surface area contributed by atoms with Crippen molar-refractivity contribution in [1.29, 1.82) is 0 Å². The number of nitrogen functional groups attached to an aromatic ring is 1. The summed E-state index contributed by atoms with van der Waals surface area (Å²) in [5.41, 5.74) is 16.6. The van der Waals surface area contributed by atoms with E-state index in [2.05, 4.69) is 36.3 Å². The number of amides is 1. The Morgan fingerprint density at radius 2 is 1.57 bits per heavy atom. The topological polar surface area (TPSA) is 77.2 Å². The summed E-state index contributed by atoms with van der Waals surface area (Å²) in [6, 6.07) is 12.2. The number of ether oxygens (including phenoxy) is 1. The molecule has 5 rings (SSSR count). The van der Waals surface area contributed by atoms with Gasteiger partial charge in [-0.05, 0) is 90.4 Å². The molecule has 1 amide bonds. The van der Waals surface area contributed by atoms with E-state index in [1.54, 1.807) is 0 Å². The van der Waals surface area contributed by atoms with Crippen LogP contribution in [-0.4, -0.2) is 10.9 Å². The van der Waals surface area contributed by atoms with Crippen molar-refractivity contribution in [2.75, 3.05) is 5.73 Å². The lowest BCUT2D eigenvalue weighted by Crippen LogP contribution is -2.24. The minimum Gasteiger partial charge on any atom is -0.384 e. The normalized spacial score (nSPS) is 18.3. The minimum absolute atomic E-state index is 0.0254. The number of hydrogen-bond donors (Lipinski definition) is 2. The van der Waals surface area contributed by atoms with Gasteiger partial charge in [0.25, 0.3) is 5.91 Å². The third-order valence-corrected chi connectivity index (χ3v) is 6.45. The zero-order valence-corrected chi connectivity index (χ0v) is 17.7. The molecule has 2 aliphatic heterocycles. The fourth-order valence-electron chi connectivity index (χ4n) is 4.69. The van der Waals surface area contributed by atoms with Crippen LogP contribution in [0.15, 0.2) is 36.4 Å². The van der Waals surface area contributed by atoms with E-state index in [1.165, 1.54) is 27.8 Å². The van der Waals surface area contributed by atoms with E-state index in [9.17, 15) is 4.79 Å². The van der Waals surface area contributed by atoms with Crippen molar-refractivity contribution in [2.24, 2.45) is 0 Å². The molecule has 3 aromatic rings. The Morgan fingerprint density at radius 1 is 0.933 bits per heavy atom. The van der Waals surface area contributed by atoms with E-state index in [1.807, 2.05) is 38.1 Å². The summed E-state index contributed by atoms with van der Waals surface area (Å²) < 4.78 is 6.28. The van der Waals surface area contributed by atoms with Gasteiger partial charge in [0, 0.05) is 17.8 Å². The van der Waals surface area contributed by atoms with Gasteiger partial charge in [0.15, 0.2) is 0 Å². The predicted octanol–water partition coefficient (Wildman–Crippen LogP) is 4.35. The minimum atomic E-state index is -0.100. The highest BCUT2D eigenvalue weighted by molar-refractivity contribution is 5.94. The highest BCUT2D eigenvalue weighted by Gasteiger charge is 2.43. The summed E-state index contributed by atoms with van der Waals surface area (Å²) in [5.74, 6) is 0.399. The molecule has 0 spiro atoms. The van der Waals surface area contributed by atoms with Crippen LogP contribution >= 0.6 is 0 Å². The van der Waals surface area contributed by atoms with Crippen LogP contribution in [0, 0.1) is 27.7 Å². The van der Waals surface area contributed by atoms with Crippen LogP contribution in [-0.2, 0) is 11.3 Å². The second-order valence-corrected chi connectivity index (χ2v) is 8.42. The standard InChI is InChI=1S/C25H25N3O2/c1-12-7-18-19(8-13(12)2)24-20-10-16(5-6-17(20)23(18)30-24)25(29)27-11-21-14(3)9-22(26)28-15(21)4/h5-10,23-24H,11H2,1-4H3,(H2,26,28)(H,27,29). The highest BCUT2D eigenvalue weighted by Crippen LogP contribution is 2.54. The van der Waals surface area contributed by atoms with E-state index in [-0.39, 0.29) is 18.1 Å². The number of rotatable bonds is 3. The number of nitrogens with one attached hydrogen (secondary N) is 1. The van der Waals surface area contributed by atoms with Gasteiger partial charge in [-0.25, -0.2) is 4.98 Å². The first kappa shape index (κ1) is 18.8. The largest absolute Gasteiger partial charge is 0.384 e. The lowest BCUT2D eigenvalue weighted by molar-refractivity contribution is 0.0857. The summed E-state index contributed by atoms with van der Waals surface area (Å²) >= 11 is 0. The number of nitrogens with zero attached hydrogens (tertiary/aromatic N) is 1. The fraction of sp³-hybridized carbons (Fsp3) is 0.280. The van der Waals surface area contributed by atoms with Gasteiger partial charge in [-0.15, -0.1) is 0 Å². The average Bonchev–Trinajstić information content (AvgIpc) is 3.24. The second kappa shape index (κ2) is 6.67. The van der Waals surface area contributed by atoms with Crippen molar-refractivity contribution in [2.45, 2.75) is 46.4 Å². The number of aryl methyl sites for hydroxylation is 4. The summed E-state index contributed by atoms with van der Waals surface area (Å²) in [5, 5.41) is 3.03. The molecule has 2 atom stereocenters. The maximum Gasteiger partial charge on any atom is 0.251 e. The summed E-state index contributed by atoms with van der Waals surface area (Å²) in [4.78, 5) is 17.2. The number of carbonyl (C=O) groups is 1. The number of hydrogen-bond acceptors (Lipinski definition) is 4. The molecule has 152 valence electrons. The zero-order valence-electron chi connectivity index (χ0n) is 17.7. The Hall–Kier alpha value is -3.18. The Balaban J connectivity index is 1.39. The Morgan fingerprint density at radius 3 is 2.23 bits per heavy atom. The maximum atomic E-state index is 12.9. The molecule has 2 aromatic carbocycles. The summed E-state index contributed by atoms with van der Waals surface area (Å²) in [6.07, 6.45) is -0.111. The van der Waals surface area contributed by atoms with Gasteiger partial charge in [-0.3, -0.25) is 4.79 Å². The van der Waals surface area contributed by atoms with Crippen molar-refractivity contribution in [3.63, 3.8) is 0 Å². The number of benzene rings is 2. The smallest absolute Gasteiger partial charge is 0.251 e. The molecule has 3 heterocycles. The molecule has 5 heteroatoms. The molecule has 2 aliphatic rings. The molecule has 0 fully saturated rings. The van der Waals surface area contributed by atoms with E-state index in [0.717, 1.165) is 22.4 Å². The molecule has 5 nitrogen and oxygen atoms in total. The van der Waals surface area contributed by atoms with Crippen LogP contribution in [0.4, 0.5) is 5.82 Å². The monoisotopic (exact) mass is 399 g/mol. The number of anilines is 1. The Labute approximate surface area is 176 Å². The van der Waals surface area contributed by atoms with Crippen LogP contribution in [0.25, 0.3) is 0 Å². The molecule has 2 unspecified atom stereocenters. The summed E-state index contributed by atoms with van der Waals surface area (Å²) in [6.45, 7) is 8.58. The lowest BCUT2D eigenvalue weighted by atomic mass is 9.83. The van der Waals surface area contributed by atoms with Gasteiger partial charge in [0.05, 0.1) is 0 Å². The van der Waals surface area contributed by atoms with Crippen molar-refractivity contribution in [3.05, 3.63) is 92.2 Å². The molecule has 1 aromatic heterocycles. The fourth-order valence-corrected chi connectivity index (χ4v) is 4.69. The molecule has 2 bridgehead atoms. The van der Waals surface area contributed by atoms with E-state index < -0.39 is 0 Å². The average molecular weight is 399 g/mol. The third kappa shape index (κ3) is 2.81. The third-order valence-electron chi connectivity index (χ3n) is 6.45. The van der Waals surface area contributed by atoms with Gasteiger partial charge >= 0.3 is 0 Å². The van der Waals surface area contributed by atoms with Gasteiger partial charge in [-0.1, -0.05) is 18.2 Å². The molecule has 0 aliphatic carbocycles. The van der Waals surface area contributed by atoms with E-state index >= 15 is 0 Å². The van der Waals surface area contributed by atoms with Crippen LogP contribution in [0.5, 0.6) is 0 Å². The highest BCUT2D eigenvalue weighted by atomic mass is 16.5. The molecule has 0 radical (unpaired) electrons. The number of carbonyl (C=O) groups excluding carboxylic acids is 1. The number of nitrogens with two attached hydrogens (primary N) is 1. The molecular formula is C25H25N3O2. The van der Waals surface area contributed by atoms with Crippen LogP contribution < -0.4 is 11.1 Å². The van der Waals surface area contributed by atoms with Crippen LogP contribution in [0.2, 0.25) is 0 Å². The molecule has 0 saturated heterocycles. The molecule has 0 saturated carbocycles. The first-order valence-electron chi connectivity index (χ1n) is 10.2. The van der Waals surface area contributed by atoms with Crippen molar-refractivity contribution in [3.8, 4) is 0 Å². The predicted molar refractivity (Wildman–Crippen MR) is 116 cm³/mol. The Bertz CT molecular complexity index is 1190. The van der Waals surface area contributed by atoms with Gasteiger partial charge in [0.2, 0.25) is 0 Å². The van der Waals surface area contributed by atoms with Crippen LogP contribution in [0.1, 0.15) is 72.8 Å². The second-order valence-electron chi connectivity index (χ2n) is 8.42. The van der Waals surface area contributed by atoms with Crippen LogP contribution in [0.3, 0.4) is 0 Å². The first-order chi connectivity index (χ1) is 14.3. The zero-order chi connectivity index (χ0) is 21.2. The molecule has 3 N–H and O–H groups in total. The quantitative estimate of drug-likeness (QED) is 0.686. The summed E-state index contributed by atoms with van der Waals surface area (Å²) in [7, 11) is 0. The Kier molecular flexibility index (Phi) is 4.19. The van der Waals surface area contributed by atoms with Crippen molar-refractivity contribution >= 4 is 11.7 Å². The van der Waals surface area contributed by atoms with E-state index in [4.69, 9.17) is 10.5 Å². The SMILES string of the molecule is Cc1cc2c(cc1C)C1OC2c2ccc(C(=O)NCc3c(C)cc(N)nc3C)cc21. The van der Waals surface area contributed by atoms with Crippen molar-refractivity contribution in [1.82, 2.24) is 10.3 Å². The molecule has 30 heavy (non-hydrogen) atoms. The number of fused-ring (bicyclic) bond motifs is 8. The lowest BCUT2D eigenvalue weighted by Gasteiger charge is -2.18. The van der Waals surface area contributed by atoms with Crippen molar-refractivity contribution < 1.29 is 9.53 Å². The first-order valence-corrected chi connectivity index (χ1v) is 10.2. The van der Waals surface area contributed by atoms with Gasteiger partial charge < -0.3 is 15.8 Å². The van der Waals surface area contributed by atoms with E-state index in [0.29, 0.717) is 17.9 Å².